The molecule has 2 aliphatic rings. The van der Waals surface area contributed by atoms with Crippen LogP contribution in [-0.2, 0) is 46.0 Å². The fourth-order valence-corrected chi connectivity index (χ4v) is 17.0. The second kappa shape index (κ2) is 13.4. The molecule has 6 aromatic carbocycles. The summed E-state index contributed by atoms with van der Waals surface area (Å²) in [5.41, 5.74) is -5.69. The number of fused-ring (bicyclic) bond motifs is 8. The van der Waals surface area contributed by atoms with Crippen molar-refractivity contribution < 1.29 is 74.0 Å². The SMILES string of the molecule is FC(F)(F)c1cc([C](c2cc(C(F)(F)F)cc(C(F)(F)F)c2)=[Zr]([C]2=CC=CC2)[CH]2c3ccccc3-c3c2c2ccccc2c2ccccc32)cc(C(F)(F)F)c1. The third-order valence-electron chi connectivity index (χ3n) is 10.2. The molecule has 0 amide bonds. The summed E-state index contributed by atoms with van der Waals surface area (Å²) in [6.45, 7) is 0. The Morgan fingerprint density at radius 1 is 0.500 bits per heavy atom. The first-order chi connectivity index (χ1) is 26.3. The van der Waals surface area contributed by atoms with E-state index < -0.39 is 83.0 Å². The molecule has 0 aliphatic heterocycles. The van der Waals surface area contributed by atoms with Crippen molar-refractivity contribution in [2.75, 3.05) is 0 Å². The van der Waals surface area contributed by atoms with Crippen LogP contribution in [0.5, 0.6) is 0 Å². The van der Waals surface area contributed by atoms with Crippen LogP contribution in [0.25, 0.3) is 32.7 Å². The summed E-state index contributed by atoms with van der Waals surface area (Å²) in [6, 6.07) is 23.3. The Hall–Kier alpha value is -4.77. The van der Waals surface area contributed by atoms with Crippen molar-refractivity contribution in [2.24, 2.45) is 0 Å². The summed E-state index contributed by atoms with van der Waals surface area (Å²) in [7, 11) is 0. The van der Waals surface area contributed by atoms with E-state index in [1.165, 1.54) is 0 Å². The average Bonchev–Trinajstić information content (AvgIpc) is 3.79. The summed E-state index contributed by atoms with van der Waals surface area (Å²) in [5.74, 6) is 0. The molecule has 0 radical (unpaired) electrons. The maximum absolute atomic E-state index is 14.5. The van der Waals surface area contributed by atoms with Crippen LogP contribution in [0.2, 0.25) is 0 Å². The van der Waals surface area contributed by atoms with Crippen molar-refractivity contribution in [1.82, 2.24) is 0 Å². The van der Waals surface area contributed by atoms with Gasteiger partial charge in [0.05, 0.1) is 0 Å². The van der Waals surface area contributed by atoms with Crippen molar-refractivity contribution in [1.29, 1.82) is 0 Å². The maximum atomic E-state index is 14.5. The second-order valence-electron chi connectivity index (χ2n) is 13.6. The number of rotatable bonds is 4. The van der Waals surface area contributed by atoms with E-state index in [4.69, 9.17) is 0 Å². The van der Waals surface area contributed by atoms with Gasteiger partial charge in [0.1, 0.15) is 0 Å². The molecule has 0 nitrogen and oxygen atoms in total. The number of halogens is 12. The van der Waals surface area contributed by atoms with E-state index in [-0.39, 0.29) is 21.8 Å². The molecular weight excluding hydrogens is 836 g/mol. The molecule has 0 bridgehead atoms. The van der Waals surface area contributed by atoms with Gasteiger partial charge in [-0.3, -0.25) is 0 Å². The molecule has 1 atom stereocenters. The topological polar surface area (TPSA) is 0 Å². The van der Waals surface area contributed by atoms with Crippen molar-refractivity contribution in [2.45, 2.75) is 34.8 Å². The van der Waals surface area contributed by atoms with Crippen molar-refractivity contribution in [3.05, 3.63) is 175 Å². The van der Waals surface area contributed by atoms with Gasteiger partial charge in [0.2, 0.25) is 0 Å². The number of hydrogen-bond acceptors (Lipinski definition) is 0. The summed E-state index contributed by atoms with van der Waals surface area (Å²) in [6.07, 6.45) is -16.3. The van der Waals surface area contributed by atoms with Crippen LogP contribution >= 0.6 is 0 Å². The quantitative estimate of drug-likeness (QED) is 0.122. The van der Waals surface area contributed by atoms with Gasteiger partial charge in [-0.05, 0) is 0 Å². The molecule has 2 aliphatic carbocycles. The molecule has 8 rings (SSSR count). The van der Waals surface area contributed by atoms with Crippen LogP contribution in [0.3, 0.4) is 0 Å². The molecule has 0 N–H and O–H groups in total. The van der Waals surface area contributed by atoms with Crippen molar-refractivity contribution >= 4 is 24.8 Å². The van der Waals surface area contributed by atoms with E-state index in [1.807, 2.05) is 48.5 Å². The molecule has 0 saturated carbocycles. The fourth-order valence-electron chi connectivity index (χ4n) is 8.00. The monoisotopic (exact) mass is 858 g/mol. The normalized spacial score (nSPS) is 15.6. The van der Waals surface area contributed by atoms with Crippen LogP contribution in [0.15, 0.2) is 131 Å². The van der Waals surface area contributed by atoms with E-state index >= 15 is 0 Å². The van der Waals surface area contributed by atoms with Gasteiger partial charge in [0, 0.05) is 0 Å². The van der Waals surface area contributed by atoms with Crippen LogP contribution < -0.4 is 0 Å². The van der Waals surface area contributed by atoms with Gasteiger partial charge >= 0.3 is 320 Å². The van der Waals surface area contributed by atoms with Crippen molar-refractivity contribution in [3.63, 3.8) is 0 Å². The van der Waals surface area contributed by atoms with E-state index in [0.717, 1.165) is 21.7 Å². The minimum atomic E-state index is -5.36. The first-order valence-electron chi connectivity index (χ1n) is 17.0. The number of hydrogen-bond donors (Lipinski definition) is 0. The van der Waals surface area contributed by atoms with Crippen LogP contribution in [-0.4, -0.2) is 3.21 Å². The molecule has 0 fully saturated rings. The Labute approximate surface area is 318 Å². The molecular formula is C43H24F12Zr. The number of allylic oxidation sites excluding steroid dienone is 4. The predicted octanol–water partition coefficient (Wildman–Crippen LogP) is 13.9. The first-order valence-corrected chi connectivity index (χ1v) is 20.9. The molecule has 6 aromatic rings. The number of alkyl halides is 12. The van der Waals surface area contributed by atoms with E-state index in [9.17, 15) is 52.7 Å². The predicted molar refractivity (Wildman–Crippen MR) is 187 cm³/mol. The third kappa shape index (κ3) is 6.65. The van der Waals surface area contributed by atoms with Gasteiger partial charge in [-0.25, -0.2) is 0 Å². The zero-order chi connectivity index (χ0) is 39.9. The van der Waals surface area contributed by atoms with Gasteiger partial charge in [-0.2, -0.15) is 0 Å². The Morgan fingerprint density at radius 2 is 0.929 bits per heavy atom. The summed E-state index contributed by atoms with van der Waals surface area (Å²) < 4.78 is 173. The zero-order valence-electron chi connectivity index (χ0n) is 28.4. The van der Waals surface area contributed by atoms with Crippen LogP contribution in [0.4, 0.5) is 52.7 Å². The zero-order valence-corrected chi connectivity index (χ0v) is 30.9. The Balaban J connectivity index is 1.62. The molecule has 0 spiro atoms. The molecule has 284 valence electrons. The third-order valence-corrected chi connectivity index (χ3v) is 18.5. The number of benzene rings is 6. The van der Waals surface area contributed by atoms with E-state index in [1.54, 1.807) is 42.5 Å². The molecule has 0 aromatic heterocycles. The van der Waals surface area contributed by atoms with Gasteiger partial charge in [0.25, 0.3) is 0 Å². The Morgan fingerprint density at radius 3 is 1.39 bits per heavy atom. The summed E-state index contributed by atoms with van der Waals surface area (Å²) in [4.78, 5) is 0. The summed E-state index contributed by atoms with van der Waals surface area (Å²) >= 11 is -4.55. The van der Waals surface area contributed by atoms with Gasteiger partial charge in [-0.15, -0.1) is 0 Å². The van der Waals surface area contributed by atoms with Crippen molar-refractivity contribution in [3.8, 4) is 11.1 Å². The summed E-state index contributed by atoms with van der Waals surface area (Å²) in [5, 5.41) is 3.12. The molecule has 0 saturated heterocycles. The van der Waals surface area contributed by atoms with Gasteiger partial charge in [-0.1, -0.05) is 0 Å². The second-order valence-corrected chi connectivity index (χ2v) is 19.9. The van der Waals surface area contributed by atoms with E-state index in [2.05, 4.69) is 0 Å². The average molecular weight is 860 g/mol. The molecule has 1 unspecified atom stereocenters. The Kier molecular flexibility index (Phi) is 9.14. The van der Waals surface area contributed by atoms with Gasteiger partial charge in [0.15, 0.2) is 0 Å². The van der Waals surface area contributed by atoms with Crippen LogP contribution in [0.1, 0.15) is 54.6 Å². The molecule has 13 heteroatoms. The standard InChI is InChI=1S/C21H13.C17H6F12.C5H5.Zr/c1-2-8-15-14(7-1)13-20-18-11-4-3-9-16(18)17-10-5-6-12-19(17)21(15)20;18-14(19,20)10-2-8(3-11(6-10)15(21,22)23)1-9-4-12(16(24,25)26)7-13(5-9)17(27,28)29;1-2-4-5-3-1;/h1-13H;2-7H;1-3H,4H2;. The molecule has 56 heavy (non-hydrogen) atoms. The Bertz CT molecular complexity index is 2530. The first kappa shape index (κ1) is 38.1. The minimum absolute atomic E-state index is 0.104. The van der Waals surface area contributed by atoms with Crippen LogP contribution in [0, 0.1) is 0 Å². The fraction of sp³-hybridized carbons (Fsp3) is 0.140. The van der Waals surface area contributed by atoms with E-state index in [0.29, 0.717) is 49.6 Å². The van der Waals surface area contributed by atoms with Gasteiger partial charge < -0.3 is 0 Å². The molecule has 0 heterocycles.